The fraction of sp³-hybridized carbons (Fsp3) is 0.857. The first-order chi connectivity index (χ1) is 4.31. The van der Waals surface area contributed by atoms with E-state index in [-0.39, 0.29) is 33.3 Å². The van der Waals surface area contributed by atoms with E-state index in [4.69, 9.17) is 0 Å². The summed E-state index contributed by atoms with van der Waals surface area (Å²) in [5, 5.41) is 0. The fourth-order valence-electron chi connectivity index (χ4n) is 0.621. The van der Waals surface area contributed by atoms with Crippen LogP contribution in [0.25, 0.3) is 0 Å². The molecule has 0 aromatic heterocycles. The Labute approximate surface area is 82.5 Å². The van der Waals surface area contributed by atoms with Gasteiger partial charge < -0.3 is 4.74 Å². The van der Waals surface area contributed by atoms with Crippen molar-refractivity contribution in [3.05, 3.63) is 0 Å². The number of carbonyl (C=O) groups excluding carboxylic acids is 1. The molecule has 2 nitrogen and oxygen atoms in total. The molecule has 3 heteroatoms. The molecule has 0 aromatic carbocycles. The Kier molecular flexibility index (Phi) is 12.2. The van der Waals surface area contributed by atoms with E-state index in [0.29, 0.717) is 6.42 Å². The van der Waals surface area contributed by atoms with Gasteiger partial charge in [-0.3, -0.25) is 4.79 Å². The molecule has 10 heavy (non-hydrogen) atoms. The van der Waals surface area contributed by atoms with Crippen LogP contribution in [0.15, 0.2) is 0 Å². The Morgan fingerprint density at radius 2 is 2.00 bits per heavy atom. The molecule has 0 rings (SSSR count). The van der Waals surface area contributed by atoms with Crippen molar-refractivity contribution in [3.8, 4) is 0 Å². The summed E-state index contributed by atoms with van der Waals surface area (Å²) in [7, 11) is 1.42. The molecule has 0 saturated carbocycles. The molecule has 60 valence electrons. The molecule has 0 atom stereocenters. The van der Waals surface area contributed by atoms with Gasteiger partial charge in [-0.05, 0) is 6.42 Å². The van der Waals surface area contributed by atoms with Crippen molar-refractivity contribution < 1.29 is 9.53 Å². The predicted molar refractivity (Wildman–Crippen MR) is 44.7 cm³/mol. The molecule has 0 spiro atoms. The molecule has 2 radical (unpaired) electrons. The zero-order chi connectivity index (χ0) is 7.11. The van der Waals surface area contributed by atoms with Gasteiger partial charge >= 0.3 is 33.3 Å². The van der Waals surface area contributed by atoms with Crippen LogP contribution >= 0.6 is 0 Å². The predicted octanol–water partition coefficient (Wildman–Crippen LogP) is 0.823. The van der Waals surface area contributed by atoms with Gasteiger partial charge in [0, 0.05) is 6.42 Å². The monoisotopic (exact) mass is 340 g/mol. The second-order valence-electron chi connectivity index (χ2n) is 2.03. The summed E-state index contributed by atoms with van der Waals surface area (Å²) in [6.07, 6.45) is 3.81. The van der Waals surface area contributed by atoms with Crippen LogP contribution in [0.4, 0.5) is 0 Å². The molecule has 0 amide bonds. The summed E-state index contributed by atoms with van der Waals surface area (Å²) in [5.74, 6) is -0.0940. The van der Waals surface area contributed by atoms with E-state index in [9.17, 15) is 4.79 Å². The van der Waals surface area contributed by atoms with Gasteiger partial charge in [-0.15, -0.1) is 0 Å². The van der Waals surface area contributed by atoms with E-state index in [1.165, 1.54) is 7.11 Å². The SMILES string of the molecule is CCCCCC(=O)OC.[PbH2]. The van der Waals surface area contributed by atoms with Gasteiger partial charge in [-0.1, -0.05) is 19.8 Å². The van der Waals surface area contributed by atoms with E-state index in [1.807, 2.05) is 0 Å². The normalized spacial score (nSPS) is 8.20. The van der Waals surface area contributed by atoms with Gasteiger partial charge in [-0.25, -0.2) is 0 Å². The topological polar surface area (TPSA) is 26.3 Å². The summed E-state index contributed by atoms with van der Waals surface area (Å²) in [5.41, 5.74) is 0. The first kappa shape index (κ1) is 13.0. The second-order valence-corrected chi connectivity index (χ2v) is 2.03. The van der Waals surface area contributed by atoms with Crippen LogP contribution in [0.2, 0.25) is 0 Å². The summed E-state index contributed by atoms with van der Waals surface area (Å²) >= 11 is 0. The van der Waals surface area contributed by atoms with Crippen molar-refractivity contribution in [1.82, 2.24) is 0 Å². The number of unbranched alkanes of at least 4 members (excludes halogenated alkanes) is 2. The number of hydrogen-bond acceptors (Lipinski definition) is 2. The number of carbonyl (C=O) groups is 1. The second kappa shape index (κ2) is 9.39. The van der Waals surface area contributed by atoms with Crippen LogP contribution in [0.3, 0.4) is 0 Å². The maximum atomic E-state index is 10.5. The van der Waals surface area contributed by atoms with Crippen LogP contribution in [0.5, 0.6) is 0 Å². The molecule has 0 unspecified atom stereocenters. The van der Waals surface area contributed by atoms with E-state index in [1.54, 1.807) is 0 Å². The molecule has 0 aliphatic heterocycles. The Hall–Kier alpha value is 0.392. The van der Waals surface area contributed by atoms with Crippen molar-refractivity contribution in [2.45, 2.75) is 32.6 Å². The number of esters is 1. The zero-order valence-corrected chi connectivity index (χ0v) is 12.3. The molecule has 0 aliphatic carbocycles. The summed E-state index contributed by atoms with van der Waals surface area (Å²) in [4.78, 5) is 10.5. The average molecular weight is 339 g/mol. The van der Waals surface area contributed by atoms with Gasteiger partial charge in [0.05, 0.1) is 7.11 Å². The quantitative estimate of drug-likeness (QED) is 0.431. The van der Waals surface area contributed by atoms with Gasteiger partial charge in [0.15, 0.2) is 0 Å². The van der Waals surface area contributed by atoms with Gasteiger partial charge in [0.25, 0.3) is 0 Å². The van der Waals surface area contributed by atoms with Gasteiger partial charge in [0.2, 0.25) is 0 Å². The molecular weight excluding hydrogens is 323 g/mol. The summed E-state index contributed by atoms with van der Waals surface area (Å²) < 4.78 is 4.46. The summed E-state index contributed by atoms with van der Waals surface area (Å²) in [6, 6.07) is 0. The molecule has 0 fully saturated rings. The zero-order valence-electron chi connectivity index (χ0n) is 6.85. The van der Waals surface area contributed by atoms with Crippen LogP contribution in [-0.2, 0) is 9.53 Å². The molecule has 0 aliphatic rings. The minimum atomic E-state index is -0.0940. The molecule has 0 N–H and O–H groups in total. The average Bonchev–Trinajstić information content (AvgIpc) is 1.89. The standard InChI is InChI=1S/C7H14O2.Pb.2H/c1-3-4-5-6-7(8)9-2;;;/h3-6H2,1-2H3;;;. The first-order valence-electron chi connectivity index (χ1n) is 3.38. The third kappa shape index (κ3) is 8.39. The molecular formula is C7H16O2Pb. The Balaban J connectivity index is 0. The Morgan fingerprint density at radius 3 is 2.40 bits per heavy atom. The van der Waals surface area contributed by atoms with Gasteiger partial charge in [-0.2, -0.15) is 0 Å². The third-order valence-corrected chi connectivity index (χ3v) is 1.21. The van der Waals surface area contributed by atoms with E-state index >= 15 is 0 Å². The van der Waals surface area contributed by atoms with E-state index < -0.39 is 0 Å². The first-order valence-corrected chi connectivity index (χ1v) is 3.38. The van der Waals surface area contributed by atoms with Crippen molar-refractivity contribution in [3.63, 3.8) is 0 Å². The van der Waals surface area contributed by atoms with Crippen LogP contribution in [-0.4, -0.2) is 40.4 Å². The molecule has 0 bridgehead atoms. The molecule has 0 aromatic rings. The maximum absolute atomic E-state index is 10.5. The molecule has 0 heterocycles. The minimum absolute atomic E-state index is 0. The Morgan fingerprint density at radius 1 is 1.40 bits per heavy atom. The van der Waals surface area contributed by atoms with Crippen LogP contribution in [0.1, 0.15) is 32.6 Å². The molecule has 0 saturated heterocycles. The van der Waals surface area contributed by atoms with Crippen LogP contribution in [0, 0.1) is 0 Å². The van der Waals surface area contributed by atoms with E-state index in [2.05, 4.69) is 11.7 Å². The number of ether oxygens (including phenoxy) is 1. The third-order valence-electron chi connectivity index (χ3n) is 1.21. The van der Waals surface area contributed by atoms with Gasteiger partial charge in [0.1, 0.15) is 0 Å². The van der Waals surface area contributed by atoms with E-state index in [0.717, 1.165) is 19.3 Å². The number of hydrogen-bond donors (Lipinski definition) is 0. The number of methoxy groups -OCH3 is 1. The summed E-state index contributed by atoms with van der Waals surface area (Å²) in [6.45, 7) is 2.11. The van der Waals surface area contributed by atoms with Crippen molar-refractivity contribution >= 4 is 33.3 Å². The van der Waals surface area contributed by atoms with Crippen molar-refractivity contribution in [2.24, 2.45) is 0 Å². The number of rotatable bonds is 4. The fourth-order valence-corrected chi connectivity index (χ4v) is 0.621. The van der Waals surface area contributed by atoms with Crippen molar-refractivity contribution in [2.75, 3.05) is 7.11 Å². The Bertz CT molecular complexity index is 83.7. The van der Waals surface area contributed by atoms with Crippen LogP contribution < -0.4 is 0 Å². The van der Waals surface area contributed by atoms with Crippen molar-refractivity contribution in [1.29, 1.82) is 0 Å².